The molecule has 90 valence electrons. The van der Waals surface area contributed by atoms with Crippen LogP contribution >= 0.6 is 0 Å². The van der Waals surface area contributed by atoms with Crippen molar-refractivity contribution in [3.8, 4) is 0 Å². The van der Waals surface area contributed by atoms with E-state index >= 15 is 0 Å². The van der Waals surface area contributed by atoms with Crippen LogP contribution < -0.4 is 10.2 Å². The van der Waals surface area contributed by atoms with Gasteiger partial charge in [-0.1, -0.05) is 0 Å². The molecule has 0 saturated carbocycles. The van der Waals surface area contributed by atoms with Crippen LogP contribution in [0, 0.1) is 5.41 Å². The molecule has 2 saturated heterocycles. The summed E-state index contributed by atoms with van der Waals surface area (Å²) in [5, 5.41) is 3.30. The average Bonchev–Trinajstić information content (AvgIpc) is 2.25. The number of pyridine rings is 1. The van der Waals surface area contributed by atoms with E-state index in [0.717, 1.165) is 31.9 Å². The van der Waals surface area contributed by atoms with Crippen LogP contribution in [0.3, 0.4) is 0 Å². The number of nitrogens with zero attached hydrogens (tertiary/aromatic N) is 2. The van der Waals surface area contributed by atoms with E-state index in [1.807, 2.05) is 6.07 Å². The lowest BCUT2D eigenvalue weighted by atomic mass is 9.74. The Hall–Kier alpha value is -1.62. The molecule has 0 atom stereocenters. The molecule has 3 rings (SSSR count). The van der Waals surface area contributed by atoms with Crippen molar-refractivity contribution in [3.63, 3.8) is 0 Å². The van der Waals surface area contributed by atoms with Crippen molar-refractivity contribution in [2.45, 2.75) is 0 Å². The summed E-state index contributed by atoms with van der Waals surface area (Å²) in [6.45, 7) is 4.41. The predicted octanol–water partition coefficient (Wildman–Crippen LogP) is 0.278. The normalized spacial score (nSPS) is 20.6. The van der Waals surface area contributed by atoms with Gasteiger partial charge in [0.15, 0.2) is 0 Å². The third kappa shape index (κ3) is 1.67. The molecule has 2 aliphatic rings. The van der Waals surface area contributed by atoms with E-state index in [9.17, 15) is 4.79 Å². The molecule has 1 spiro atoms. The van der Waals surface area contributed by atoms with Crippen molar-refractivity contribution >= 4 is 11.7 Å². The number of hydrogen-bond acceptors (Lipinski definition) is 5. The van der Waals surface area contributed by atoms with Gasteiger partial charge < -0.3 is 15.0 Å². The molecule has 3 heterocycles. The Kier molecular flexibility index (Phi) is 2.29. The second-order valence-corrected chi connectivity index (χ2v) is 4.85. The van der Waals surface area contributed by atoms with Gasteiger partial charge >= 0.3 is 5.97 Å². The number of methoxy groups -OCH3 is 1. The lowest BCUT2D eigenvalue weighted by Gasteiger charge is -2.57. The lowest BCUT2D eigenvalue weighted by molar-refractivity contribution is 0.0594. The summed E-state index contributed by atoms with van der Waals surface area (Å²) < 4.78 is 4.61. The van der Waals surface area contributed by atoms with Crippen LogP contribution in [0.1, 0.15) is 10.5 Å². The highest BCUT2D eigenvalue weighted by Gasteiger charge is 2.47. The number of esters is 1. The molecule has 0 unspecified atom stereocenters. The molecule has 1 N–H and O–H groups in total. The number of rotatable bonds is 2. The third-order valence-electron chi connectivity index (χ3n) is 3.56. The molecule has 1 aromatic heterocycles. The van der Waals surface area contributed by atoms with E-state index in [1.54, 1.807) is 12.3 Å². The fourth-order valence-corrected chi connectivity index (χ4v) is 2.45. The molecule has 5 nitrogen and oxygen atoms in total. The van der Waals surface area contributed by atoms with E-state index in [4.69, 9.17) is 0 Å². The second kappa shape index (κ2) is 3.70. The van der Waals surface area contributed by atoms with E-state index in [-0.39, 0.29) is 5.97 Å². The highest BCUT2D eigenvalue weighted by atomic mass is 16.5. The van der Waals surface area contributed by atoms with Crippen molar-refractivity contribution in [2.75, 3.05) is 38.2 Å². The van der Waals surface area contributed by atoms with Crippen molar-refractivity contribution in [3.05, 3.63) is 24.0 Å². The van der Waals surface area contributed by atoms with E-state index in [1.165, 1.54) is 7.11 Å². The number of carbonyl (C=O) groups is 1. The first-order valence-electron chi connectivity index (χ1n) is 5.73. The van der Waals surface area contributed by atoms with Crippen molar-refractivity contribution in [2.24, 2.45) is 5.41 Å². The first-order valence-corrected chi connectivity index (χ1v) is 5.73. The molecule has 5 heteroatoms. The van der Waals surface area contributed by atoms with Gasteiger partial charge in [0, 0.05) is 31.6 Å². The summed E-state index contributed by atoms with van der Waals surface area (Å²) in [5.41, 5.74) is 1.94. The zero-order valence-electron chi connectivity index (χ0n) is 9.77. The van der Waals surface area contributed by atoms with Crippen LogP contribution in [0.25, 0.3) is 0 Å². The van der Waals surface area contributed by atoms with E-state index < -0.39 is 0 Å². The zero-order chi connectivity index (χ0) is 11.9. The zero-order valence-corrected chi connectivity index (χ0v) is 9.77. The summed E-state index contributed by atoms with van der Waals surface area (Å²) in [5.74, 6) is -0.389. The van der Waals surface area contributed by atoms with Gasteiger partial charge in [0.2, 0.25) is 0 Å². The monoisotopic (exact) mass is 233 g/mol. The number of aromatic nitrogens is 1. The minimum atomic E-state index is -0.389. The molecule has 2 aliphatic heterocycles. The molecule has 17 heavy (non-hydrogen) atoms. The lowest BCUT2D eigenvalue weighted by Crippen LogP contribution is -2.71. The Morgan fingerprint density at radius 2 is 2.24 bits per heavy atom. The van der Waals surface area contributed by atoms with Gasteiger partial charge in [0.25, 0.3) is 0 Å². The largest absolute Gasteiger partial charge is 0.464 e. The van der Waals surface area contributed by atoms with Crippen LogP contribution in [0.2, 0.25) is 0 Å². The van der Waals surface area contributed by atoms with Gasteiger partial charge in [-0.2, -0.15) is 0 Å². The van der Waals surface area contributed by atoms with Crippen LogP contribution in [-0.2, 0) is 4.74 Å². The first kappa shape index (κ1) is 10.5. The van der Waals surface area contributed by atoms with Crippen LogP contribution in [-0.4, -0.2) is 44.2 Å². The first-order chi connectivity index (χ1) is 8.22. The van der Waals surface area contributed by atoms with Gasteiger partial charge in [-0.15, -0.1) is 0 Å². The Balaban J connectivity index is 1.67. The minimum Gasteiger partial charge on any atom is -0.464 e. The van der Waals surface area contributed by atoms with Crippen LogP contribution in [0.15, 0.2) is 18.3 Å². The molecular weight excluding hydrogens is 218 g/mol. The van der Waals surface area contributed by atoms with E-state index in [0.29, 0.717) is 11.1 Å². The summed E-state index contributed by atoms with van der Waals surface area (Å²) in [7, 11) is 1.36. The maximum absolute atomic E-state index is 11.2. The Bertz CT molecular complexity index is 432. The van der Waals surface area contributed by atoms with Crippen molar-refractivity contribution in [1.82, 2.24) is 10.3 Å². The SMILES string of the molecule is COC(=O)c1ccc(N2CC3(CNC3)C2)cn1. The smallest absolute Gasteiger partial charge is 0.356 e. The summed E-state index contributed by atoms with van der Waals surface area (Å²) in [6, 6.07) is 3.64. The van der Waals surface area contributed by atoms with Gasteiger partial charge in [-0.25, -0.2) is 9.78 Å². The molecule has 1 aromatic rings. The maximum atomic E-state index is 11.2. The molecule has 0 amide bonds. The Labute approximate surface area is 99.8 Å². The number of nitrogens with one attached hydrogen (secondary N) is 1. The molecule has 2 fully saturated rings. The topological polar surface area (TPSA) is 54.5 Å². The number of carbonyl (C=O) groups excluding carboxylic acids is 1. The number of anilines is 1. The predicted molar refractivity (Wildman–Crippen MR) is 63.1 cm³/mol. The average molecular weight is 233 g/mol. The van der Waals surface area contributed by atoms with Gasteiger partial charge in [0.1, 0.15) is 5.69 Å². The molecule has 0 aromatic carbocycles. The summed E-state index contributed by atoms with van der Waals surface area (Å²) in [4.78, 5) is 17.6. The minimum absolute atomic E-state index is 0.358. The van der Waals surface area contributed by atoms with Crippen LogP contribution in [0.5, 0.6) is 0 Å². The highest BCUT2D eigenvalue weighted by Crippen LogP contribution is 2.36. The summed E-state index contributed by atoms with van der Waals surface area (Å²) in [6.07, 6.45) is 1.74. The number of hydrogen-bond donors (Lipinski definition) is 1. The standard InChI is InChI=1S/C12H15N3O2/c1-17-11(16)10-3-2-9(4-14-10)15-7-12(8-15)5-13-6-12/h2-4,13H,5-8H2,1H3. The van der Waals surface area contributed by atoms with Crippen molar-refractivity contribution < 1.29 is 9.53 Å². The van der Waals surface area contributed by atoms with Crippen molar-refractivity contribution in [1.29, 1.82) is 0 Å². The van der Waals surface area contributed by atoms with Gasteiger partial charge in [-0.3, -0.25) is 0 Å². The Morgan fingerprint density at radius 3 is 2.71 bits per heavy atom. The van der Waals surface area contributed by atoms with Gasteiger partial charge in [0.05, 0.1) is 19.0 Å². The fourth-order valence-electron chi connectivity index (χ4n) is 2.45. The maximum Gasteiger partial charge on any atom is 0.356 e. The van der Waals surface area contributed by atoms with Gasteiger partial charge in [-0.05, 0) is 12.1 Å². The second-order valence-electron chi connectivity index (χ2n) is 4.85. The fraction of sp³-hybridized carbons (Fsp3) is 0.500. The number of ether oxygens (including phenoxy) is 1. The van der Waals surface area contributed by atoms with Crippen LogP contribution in [0.4, 0.5) is 5.69 Å². The molecular formula is C12H15N3O2. The quantitative estimate of drug-likeness (QED) is 0.743. The Morgan fingerprint density at radius 1 is 1.47 bits per heavy atom. The molecule has 0 radical (unpaired) electrons. The highest BCUT2D eigenvalue weighted by molar-refractivity contribution is 5.87. The molecule has 0 aliphatic carbocycles. The molecule has 0 bridgehead atoms. The van der Waals surface area contributed by atoms with E-state index in [2.05, 4.69) is 19.9 Å². The summed E-state index contributed by atoms with van der Waals surface area (Å²) >= 11 is 0. The third-order valence-corrected chi connectivity index (χ3v) is 3.56.